The number of halogens is 1. The Labute approximate surface area is 108 Å². The van der Waals surface area contributed by atoms with Crippen LogP contribution in [-0.4, -0.2) is 23.3 Å². The lowest BCUT2D eigenvalue weighted by molar-refractivity contribution is 0.00578. The van der Waals surface area contributed by atoms with Crippen molar-refractivity contribution >= 4 is 12.7 Å². The second-order valence-corrected chi connectivity index (χ2v) is 5.66. The van der Waals surface area contributed by atoms with E-state index in [0.717, 1.165) is 5.56 Å². The zero-order chi connectivity index (χ0) is 13.6. The first-order valence-corrected chi connectivity index (χ1v) is 6.10. The summed E-state index contributed by atoms with van der Waals surface area (Å²) in [4.78, 5) is 2.91. The highest BCUT2D eigenvalue weighted by Gasteiger charge is 2.53. The molecule has 0 aromatic carbocycles. The van der Waals surface area contributed by atoms with Gasteiger partial charge in [-0.15, -0.1) is 0 Å². The molecule has 1 N–H and O–H groups in total. The second kappa shape index (κ2) is 4.25. The molecule has 98 valence electrons. The Kier molecular flexibility index (Phi) is 3.15. The molecular weight excluding hydrogens is 232 g/mol. The van der Waals surface area contributed by atoms with E-state index in [1.165, 1.54) is 0 Å². The van der Waals surface area contributed by atoms with Gasteiger partial charge in [0.1, 0.15) is 5.73 Å². The average molecular weight is 251 g/mol. The Hall–Kier alpha value is -1.07. The van der Waals surface area contributed by atoms with E-state index in [4.69, 9.17) is 9.31 Å². The number of hydrogen-bond acceptors (Lipinski definition) is 2. The number of H-pyrrole nitrogens is 1. The molecule has 18 heavy (non-hydrogen) atoms. The van der Waals surface area contributed by atoms with Crippen LogP contribution in [0.1, 0.15) is 40.2 Å². The van der Waals surface area contributed by atoms with Gasteiger partial charge in [0.15, 0.2) is 0 Å². The van der Waals surface area contributed by atoms with Gasteiger partial charge in [0.25, 0.3) is 0 Å². The second-order valence-electron chi connectivity index (χ2n) is 5.66. The maximum atomic E-state index is 14.4. The van der Waals surface area contributed by atoms with Crippen LogP contribution in [0.3, 0.4) is 0 Å². The highest BCUT2D eigenvalue weighted by molar-refractivity contribution is 6.55. The Balaban J connectivity index is 2.27. The fourth-order valence-electron chi connectivity index (χ4n) is 1.82. The van der Waals surface area contributed by atoms with Gasteiger partial charge in [-0.05, 0) is 51.8 Å². The first kappa shape index (κ1) is 13.4. The van der Waals surface area contributed by atoms with E-state index >= 15 is 0 Å². The van der Waals surface area contributed by atoms with Crippen LogP contribution in [0.2, 0.25) is 0 Å². The zero-order valence-corrected chi connectivity index (χ0v) is 11.5. The molecule has 5 heteroatoms. The summed E-state index contributed by atoms with van der Waals surface area (Å²) in [6.07, 6.45) is 3.51. The molecule has 1 aromatic rings. The summed E-state index contributed by atoms with van der Waals surface area (Å²) in [5.74, 6) is 0. The summed E-state index contributed by atoms with van der Waals surface area (Å²) in [6, 6.07) is 1.82. The molecule has 2 rings (SSSR count). The van der Waals surface area contributed by atoms with Crippen molar-refractivity contribution in [3.63, 3.8) is 0 Å². The number of hydrogen-bond donors (Lipinski definition) is 1. The molecule has 0 atom stereocenters. The highest BCUT2D eigenvalue weighted by atomic mass is 19.1. The monoisotopic (exact) mass is 251 g/mol. The lowest BCUT2D eigenvalue weighted by Crippen LogP contribution is -2.41. The van der Waals surface area contributed by atoms with Crippen LogP contribution < -0.4 is 0 Å². The predicted octanol–water partition coefficient (Wildman–Crippen LogP) is 3.35. The summed E-state index contributed by atoms with van der Waals surface area (Å²) in [5.41, 5.74) is -0.0638. The van der Waals surface area contributed by atoms with Crippen molar-refractivity contribution in [1.29, 1.82) is 0 Å². The average Bonchev–Trinajstić information content (AvgIpc) is 2.84. The van der Waals surface area contributed by atoms with Crippen LogP contribution in [0.5, 0.6) is 0 Å². The van der Waals surface area contributed by atoms with Gasteiger partial charge in [0.05, 0.1) is 11.2 Å². The molecule has 3 nitrogen and oxygen atoms in total. The van der Waals surface area contributed by atoms with Crippen molar-refractivity contribution < 1.29 is 13.7 Å². The van der Waals surface area contributed by atoms with E-state index in [0.29, 0.717) is 5.57 Å². The number of aromatic nitrogens is 1. The van der Waals surface area contributed by atoms with Gasteiger partial charge in [0, 0.05) is 12.4 Å². The fourth-order valence-corrected chi connectivity index (χ4v) is 1.82. The van der Waals surface area contributed by atoms with E-state index in [1.54, 1.807) is 19.3 Å². The van der Waals surface area contributed by atoms with Crippen molar-refractivity contribution in [2.75, 3.05) is 0 Å². The third-order valence-corrected chi connectivity index (χ3v) is 3.85. The summed E-state index contributed by atoms with van der Waals surface area (Å²) >= 11 is 0. The normalized spacial score (nSPS) is 23.1. The van der Waals surface area contributed by atoms with E-state index < -0.39 is 18.3 Å². The van der Waals surface area contributed by atoms with Crippen LogP contribution in [0.15, 0.2) is 24.2 Å². The van der Waals surface area contributed by atoms with Gasteiger partial charge in [-0.1, -0.05) is 0 Å². The molecule has 0 bridgehead atoms. The van der Waals surface area contributed by atoms with E-state index in [2.05, 4.69) is 4.98 Å². The molecule has 2 heterocycles. The van der Waals surface area contributed by atoms with E-state index in [-0.39, 0.29) is 5.73 Å². The molecular formula is C13H19BFNO2. The quantitative estimate of drug-likeness (QED) is 0.818. The highest BCUT2D eigenvalue weighted by Crippen LogP contribution is 2.40. The Morgan fingerprint density at radius 3 is 2.22 bits per heavy atom. The molecule has 0 unspecified atom stereocenters. The molecule has 0 radical (unpaired) electrons. The lowest BCUT2D eigenvalue weighted by atomic mass is 9.84. The maximum Gasteiger partial charge on any atom is 0.525 e. The van der Waals surface area contributed by atoms with Gasteiger partial charge in [-0.3, -0.25) is 0 Å². The first-order chi connectivity index (χ1) is 8.24. The molecule has 1 saturated heterocycles. The number of nitrogens with one attached hydrogen (secondary N) is 1. The fraction of sp³-hybridized carbons (Fsp3) is 0.538. The van der Waals surface area contributed by atoms with Crippen LogP contribution >= 0.6 is 0 Å². The van der Waals surface area contributed by atoms with E-state index in [1.807, 2.05) is 33.8 Å². The van der Waals surface area contributed by atoms with Gasteiger partial charge >= 0.3 is 7.12 Å². The van der Waals surface area contributed by atoms with Gasteiger partial charge in [-0.25, -0.2) is 4.39 Å². The third kappa shape index (κ3) is 2.13. The SMILES string of the molecule is CC(=C(F)B1OC(C)(C)C(C)(C)O1)c1cc[nH]c1. The zero-order valence-electron chi connectivity index (χ0n) is 11.5. The van der Waals surface area contributed by atoms with Crippen molar-refractivity contribution in [2.45, 2.75) is 45.8 Å². The lowest BCUT2D eigenvalue weighted by Gasteiger charge is -2.32. The number of allylic oxidation sites excluding steroid dienone is 1. The minimum absolute atomic E-state index is 0.367. The van der Waals surface area contributed by atoms with E-state index in [9.17, 15) is 4.39 Å². The Morgan fingerprint density at radius 1 is 1.22 bits per heavy atom. The predicted molar refractivity (Wildman–Crippen MR) is 70.6 cm³/mol. The van der Waals surface area contributed by atoms with Gasteiger partial charge in [-0.2, -0.15) is 0 Å². The molecule has 1 aliphatic rings. The summed E-state index contributed by atoms with van der Waals surface area (Å²) in [7, 11) is -0.926. The summed E-state index contributed by atoms with van der Waals surface area (Å²) < 4.78 is 25.7. The van der Waals surface area contributed by atoms with Crippen LogP contribution in [-0.2, 0) is 9.31 Å². The standard InChI is InChI=1S/C13H19BFNO2/c1-9(10-6-7-16-8-10)11(15)14-17-12(2,3)13(4,5)18-14/h6-8,16H,1-5H3. The van der Waals surface area contributed by atoms with Crippen molar-refractivity contribution in [1.82, 2.24) is 4.98 Å². The van der Waals surface area contributed by atoms with Crippen LogP contribution in [0.4, 0.5) is 4.39 Å². The van der Waals surface area contributed by atoms with Crippen molar-refractivity contribution in [3.05, 3.63) is 29.7 Å². The Morgan fingerprint density at radius 2 is 1.78 bits per heavy atom. The number of aromatic amines is 1. The van der Waals surface area contributed by atoms with Crippen molar-refractivity contribution in [3.8, 4) is 0 Å². The summed E-state index contributed by atoms with van der Waals surface area (Å²) in [5, 5.41) is 0. The summed E-state index contributed by atoms with van der Waals surface area (Å²) in [6.45, 7) is 9.36. The molecule has 1 aromatic heterocycles. The van der Waals surface area contributed by atoms with Crippen molar-refractivity contribution in [2.24, 2.45) is 0 Å². The molecule has 1 aliphatic heterocycles. The minimum atomic E-state index is -0.926. The topological polar surface area (TPSA) is 34.2 Å². The molecule has 1 fully saturated rings. The molecule has 0 saturated carbocycles. The minimum Gasteiger partial charge on any atom is -0.398 e. The number of rotatable bonds is 2. The first-order valence-electron chi connectivity index (χ1n) is 6.10. The van der Waals surface area contributed by atoms with Gasteiger partial charge < -0.3 is 14.3 Å². The maximum absolute atomic E-state index is 14.4. The molecule has 0 aliphatic carbocycles. The molecule has 0 amide bonds. The van der Waals surface area contributed by atoms with Gasteiger partial charge in [0.2, 0.25) is 0 Å². The van der Waals surface area contributed by atoms with Crippen LogP contribution in [0.25, 0.3) is 5.57 Å². The molecule has 0 spiro atoms. The smallest absolute Gasteiger partial charge is 0.398 e. The third-order valence-electron chi connectivity index (χ3n) is 3.85. The largest absolute Gasteiger partial charge is 0.525 e. The Bertz CT molecular complexity index is 449. The van der Waals surface area contributed by atoms with Crippen LogP contribution in [0, 0.1) is 0 Å².